The van der Waals surface area contributed by atoms with Gasteiger partial charge in [-0.05, 0) is 52.5 Å². The van der Waals surface area contributed by atoms with Gasteiger partial charge in [-0.25, -0.2) is 4.98 Å². The molecular weight excluding hydrogens is 242 g/mol. The van der Waals surface area contributed by atoms with Crippen molar-refractivity contribution in [3.63, 3.8) is 0 Å². The molecule has 2 rings (SSSR count). The van der Waals surface area contributed by atoms with Gasteiger partial charge in [0.15, 0.2) is 5.13 Å². The quantitative estimate of drug-likeness (QED) is 0.896. The van der Waals surface area contributed by atoms with E-state index in [4.69, 9.17) is 0 Å². The molecule has 0 aliphatic heterocycles. The Morgan fingerprint density at radius 3 is 2.83 bits per heavy atom. The van der Waals surface area contributed by atoms with Gasteiger partial charge >= 0.3 is 0 Å². The van der Waals surface area contributed by atoms with Crippen molar-refractivity contribution in [3.05, 3.63) is 23.8 Å². The number of aromatic nitrogens is 1. The number of nitrogens with one attached hydrogen (secondary N) is 1. The molecule has 1 unspecified atom stereocenters. The van der Waals surface area contributed by atoms with Crippen LogP contribution in [-0.2, 0) is 0 Å². The summed E-state index contributed by atoms with van der Waals surface area (Å²) in [7, 11) is 4.21. The van der Waals surface area contributed by atoms with E-state index in [1.54, 1.807) is 11.3 Å². The third-order valence-corrected chi connectivity index (χ3v) is 3.95. The van der Waals surface area contributed by atoms with Gasteiger partial charge in [-0.3, -0.25) is 0 Å². The average Bonchev–Trinajstić information content (AvgIpc) is 2.70. The number of rotatable bonds is 5. The molecule has 1 atom stereocenters. The maximum absolute atomic E-state index is 4.67. The molecule has 1 heterocycles. The maximum Gasteiger partial charge on any atom is 0.184 e. The average molecular weight is 263 g/mol. The van der Waals surface area contributed by atoms with Crippen molar-refractivity contribution in [2.24, 2.45) is 0 Å². The summed E-state index contributed by atoms with van der Waals surface area (Å²) < 4.78 is 1.26. The molecule has 4 heteroatoms. The lowest BCUT2D eigenvalue weighted by Gasteiger charge is -2.15. The summed E-state index contributed by atoms with van der Waals surface area (Å²) >= 11 is 1.74. The van der Waals surface area contributed by atoms with Crippen LogP contribution in [0.3, 0.4) is 0 Å². The molecular formula is C14H21N3S. The second kappa shape index (κ2) is 5.67. The van der Waals surface area contributed by atoms with Crippen LogP contribution < -0.4 is 5.32 Å². The van der Waals surface area contributed by atoms with E-state index in [0.717, 1.165) is 23.6 Å². The number of nitrogens with zero attached hydrogens (tertiary/aromatic N) is 2. The first-order valence-corrected chi connectivity index (χ1v) is 7.15. The standard InChI is InChI=1S/C14H21N3S/c1-10-6-5-7-12-13(10)16-14(18-12)15-11(2)8-9-17(3)4/h5-7,11H,8-9H2,1-4H3,(H,15,16). The number of benzene rings is 1. The third-order valence-electron chi connectivity index (χ3n) is 3.00. The lowest BCUT2D eigenvalue weighted by Crippen LogP contribution is -2.22. The van der Waals surface area contributed by atoms with E-state index in [1.807, 2.05) is 0 Å². The van der Waals surface area contributed by atoms with Crippen molar-refractivity contribution >= 4 is 26.7 Å². The van der Waals surface area contributed by atoms with Crippen LogP contribution >= 0.6 is 11.3 Å². The molecule has 1 aromatic heterocycles. The van der Waals surface area contributed by atoms with Gasteiger partial charge < -0.3 is 10.2 Å². The molecule has 0 amide bonds. The molecule has 2 aromatic rings. The van der Waals surface area contributed by atoms with Crippen LogP contribution in [0, 0.1) is 6.92 Å². The Labute approximate surface area is 113 Å². The van der Waals surface area contributed by atoms with Crippen LogP contribution in [0.1, 0.15) is 18.9 Å². The first kappa shape index (κ1) is 13.3. The zero-order valence-electron chi connectivity index (χ0n) is 11.5. The Morgan fingerprint density at radius 2 is 2.17 bits per heavy atom. The largest absolute Gasteiger partial charge is 0.359 e. The first-order valence-electron chi connectivity index (χ1n) is 6.33. The smallest absolute Gasteiger partial charge is 0.184 e. The van der Waals surface area contributed by atoms with Crippen molar-refractivity contribution < 1.29 is 0 Å². The molecule has 0 bridgehead atoms. The molecule has 0 saturated carbocycles. The SMILES string of the molecule is Cc1cccc2sc(NC(C)CCN(C)C)nc12. The zero-order valence-corrected chi connectivity index (χ0v) is 12.3. The summed E-state index contributed by atoms with van der Waals surface area (Å²) in [5.74, 6) is 0. The van der Waals surface area contributed by atoms with Crippen molar-refractivity contribution in [1.82, 2.24) is 9.88 Å². The molecule has 0 fully saturated rings. The van der Waals surface area contributed by atoms with Crippen LogP contribution in [0.2, 0.25) is 0 Å². The summed E-state index contributed by atoms with van der Waals surface area (Å²) in [6, 6.07) is 6.79. The van der Waals surface area contributed by atoms with Crippen LogP contribution in [-0.4, -0.2) is 36.6 Å². The van der Waals surface area contributed by atoms with E-state index < -0.39 is 0 Å². The Balaban J connectivity index is 2.05. The molecule has 1 N–H and O–H groups in total. The van der Waals surface area contributed by atoms with Crippen molar-refractivity contribution in [3.8, 4) is 0 Å². The molecule has 18 heavy (non-hydrogen) atoms. The number of thiazole rings is 1. The summed E-state index contributed by atoms with van der Waals surface area (Å²) in [5.41, 5.74) is 2.38. The Kier molecular flexibility index (Phi) is 4.19. The van der Waals surface area contributed by atoms with Gasteiger partial charge in [-0.1, -0.05) is 23.5 Å². The van der Waals surface area contributed by atoms with E-state index in [-0.39, 0.29) is 0 Å². The van der Waals surface area contributed by atoms with E-state index >= 15 is 0 Å². The number of anilines is 1. The third kappa shape index (κ3) is 3.21. The minimum absolute atomic E-state index is 0.452. The summed E-state index contributed by atoms with van der Waals surface area (Å²) in [5, 5.41) is 4.53. The van der Waals surface area contributed by atoms with Crippen molar-refractivity contribution in [2.75, 3.05) is 26.0 Å². The Hall–Kier alpha value is -1.13. The fraction of sp³-hybridized carbons (Fsp3) is 0.500. The fourth-order valence-corrected chi connectivity index (χ4v) is 2.94. The minimum Gasteiger partial charge on any atom is -0.359 e. The molecule has 0 radical (unpaired) electrons. The molecule has 1 aromatic carbocycles. The molecule has 98 valence electrons. The highest BCUT2D eigenvalue weighted by molar-refractivity contribution is 7.22. The highest BCUT2D eigenvalue weighted by Gasteiger charge is 2.08. The normalized spacial score (nSPS) is 13.2. The number of para-hydroxylation sites is 1. The topological polar surface area (TPSA) is 28.2 Å². The van der Waals surface area contributed by atoms with Crippen LogP contribution in [0.15, 0.2) is 18.2 Å². The minimum atomic E-state index is 0.452. The van der Waals surface area contributed by atoms with Gasteiger partial charge in [0.25, 0.3) is 0 Å². The van der Waals surface area contributed by atoms with E-state index in [9.17, 15) is 0 Å². The summed E-state index contributed by atoms with van der Waals surface area (Å²) in [6.07, 6.45) is 1.13. The van der Waals surface area contributed by atoms with Crippen molar-refractivity contribution in [1.29, 1.82) is 0 Å². The first-order chi connectivity index (χ1) is 8.56. The zero-order chi connectivity index (χ0) is 13.1. The molecule has 0 aliphatic carbocycles. The van der Waals surface area contributed by atoms with Crippen LogP contribution in [0.25, 0.3) is 10.2 Å². The second-order valence-electron chi connectivity index (χ2n) is 5.08. The molecule has 0 aliphatic rings. The van der Waals surface area contributed by atoms with Gasteiger partial charge in [0.05, 0.1) is 10.2 Å². The highest BCUT2D eigenvalue weighted by Crippen LogP contribution is 2.28. The van der Waals surface area contributed by atoms with Gasteiger partial charge in [-0.2, -0.15) is 0 Å². The lowest BCUT2D eigenvalue weighted by molar-refractivity contribution is 0.390. The number of hydrogen-bond donors (Lipinski definition) is 1. The van der Waals surface area contributed by atoms with E-state index in [2.05, 4.69) is 61.3 Å². The Morgan fingerprint density at radius 1 is 1.39 bits per heavy atom. The van der Waals surface area contributed by atoms with Gasteiger partial charge in [-0.15, -0.1) is 0 Å². The Bertz CT molecular complexity index is 519. The summed E-state index contributed by atoms with van der Waals surface area (Å²) in [4.78, 5) is 6.88. The number of aryl methyl sites for hydroxylation is 1. The maximum atomic E-state index is 4.67. The molecule has 0 saturated heterocycles. The molecule has 0 spiro atoms. The van der Waals surface area contributed by atoms with Gasteiger partial charge in [0.1, 0.15) is 0 Å². The number of fused-ring (bicyclic) bond motifs is 1. The highest BCUT2D eigenvalue weighted by atomic mass is 32.1. The van der Waals surface area contributed by atoms with E-state index in [1.165, 1.54) is 10.3 Å². The van der Waals surface area contributed by atoms with Crippen LogP contribution in [0.5, 0.6) is 0 Å². The fourth-order valence-electron chi connectivity index (χ4n) is 1.88. The van der Waals surface area contributed by atoms with Gasteiger partial charge in [0, 0.05) is 6.04 Å². The van der Waals surface area contributed by atoms with Gasteiger partial charge in [0.2, 0.25) is 0 Å². The molecule has 3 nitrogen and oxygen atoms in total. The summed E-state index contributed by atoms with van der Waals surface area (Å²) in [6.45, 7) is 5.42. The second-order valence-corrected chi connectivity index (χ2v) is 6.11. The van der Waals surface area contributed by atoms with Crippen molar-refractivity contribution in [2.45, 2.75) is 26.3 Å². The lowest BCUT2D eigenvalue weighted by atomic mass is 10.2. The monoisotopic (exact) mass is 263 g/mol. The number of hydrogen-bond acceptors (Lipinski definition) is 4. The van der Waals surface area contributed by atoms with E-state index in [0.29, 0.717) is 6.04 Å². The predicted octanol–water partition coefficient (Wildman–Crippen LogP) is 3.36. The predicted molar refractivity (Wildman–Crippen MR) is 80.6 cm³/mol. The van der Waals surface area contributed by atoms with Crippen LogP contribution in [0.4, 0.5) is 5.13 Å².